The number of aliphatic hydroxyl groups is 2. The predicted octanol–water partition coefficient (Wildman–Crippen LogP) is -3.63. The zero-order valence-corrected chi connectivity index (χ0v) is 16.1. The van der Waals surface area contributed by atoms with Gasteiger partial charge in [-0.05, 0) is 39.7 Å². The van der Waals surface area contributed by atoms with Gasteiger partial charge in [-0.1, -0.05) is 0 Å². The average molecular weight is 405 g/mol. The molecule has 0 aromatic rings. The molecule has 0 heterocycles. The first-order valence-electron chi connectivity index (χ1n) is 8.94. The molecule has 0 rings (SSSR count). The van der Waals surface area contributed by atoms with Crippen molar-refractivity contribution in [3.8, 4) is 0 Å². The smallest absolute Gasteiger partial charge is 0.326 e. The van der Waals surface area contributed by atoms with Crippen molar-refractivity contribution in [2.75, 3.05) is 13.1 Å². The molecule has 0 radical (unpaired) electrons. The van der Waals surface area contributed by atoms with Crippen LogP contribution < -0.4 is 27.4 Å². The minimum Gasteiger partial charge on any atom is -0.480 e. The van der Waals surface area contributed by atoms with Gasteiger partial charge in [0.15, 0.2) is 0 Å². The zero-order valence-electron chi connectivity index (χ0n) is 16.1. The second-order valence-electron chi connectivity index (χ2n) is 6.40. The third kappa shape index (κ3) is 9.08. The topological polar surface area (TPSA) is 217 Å². The van der Waals surface area contributed by atoms with Crippen LogP contribution in [0.4, 0.5) is 0 Å². The summed E-state index contributed by atoms with van der Waals surface area (Å²) in [5, 5.41) is 35.4. The SMILES string of the molecule is CC(O)C(NC(=O)CN)C(=O)NC(C(=O)NC(CCCCN)C(=O)O)C(C)O. The minimum absolute atomic E-state index is 0.127. The fourth-order valence-electron chi connectivity index (χ4n) is 2.30. The number of hydrogen-bond acceptors (Lipinski definition) is 8. The van der Waals surface area contributed by atoms with Crippen molar-refractivity contribution in [3.05, 3.63) is 0 Å². The van der Waals surface area contributed by atoms with E-state index < -0.39 is 60.6 Å². The molecule has 0 spiro atoms. The summed E-state index contributed by atoms with van der Waals surface area (Å²) in [5.41, 5.74) is 10.5. The second-order valence-corrected chi connectivity index (χ2v) is 6.40. The van der Waals surface area contributed by atoms with Crippen molar-refractivity contribution in [1.82, 2.24) is 16.0 Å². The number of carboxylic acids is 1. The van der Waals surface area contributed by atoms with Crippen LogP contribution in [-0.2, 0) is 19.2 Å². The molecule has 3 amide bonds. The lowest BCUT2D eigenvalue weighted by Gasteiger charge is -2.27. The Balaban J connectivity index is 5.16. The Kier molecular flexibility index (Phi) is 11.9. The number of carboxylic acid groups (broad SMARTS) is 1. The maximum atomic E-state index is 12.4. The Morgan fingerprint density at radius 2 is 1.36 bits per heavy atom. The largest absolute Gasteiger partial charge is 0.480 e. The van der Waals surface area contributed by atoms with Crippen LogP contribution in [0.2, 0.25) is 0 Å². The quantitative estimate of drug-likeness (QED) is 0.142. The van der Waals surface area contributed by atoms with Crippen molar-refractivity contribution >= 4 is 23.7 Å². The first kappa shape index (κ1) is 25.7. The summed E-state index contributed by atoms with van der Waals surface area (Å²) < 4.78 is 0. The highest BCUT2D eigenvalue weighted by molar-refractivity contribution is 5.94. The number of carbonyl (C=O) groups excluding carboxylic acids is 3. The first-order valence-corrected chi connectivity index (χ1v) is 8.94. The molecule has 0 aromatic carbocycles. The highest BCUT2D eigenvalue weighted by atomic mass is 16.4. The standard InChI is InChI=1S/C16H31N5O7/c1-8(22)12(20-11(24)7-18)15(26)21-13(9(2)23)14(25)19-10(16(27)28)5-3-4-6-17/h8-10,12-13,22-23H,3-7,17-18H2,1-2H3,(H,19,25)(H,20,24)(H,21,26)(H,27,28). The molecule has 0 saturated carbocycles. The van der Waals surface area contributed by atoms with Crippen LogP contribution in [0.25, 0.3) is 0 Å². The number of carbonyl (C=O) groups is 4. The van der Waals surface area contributed by atoms with Crippen LogP contribution in [0, 0.1) is 0 Å². The molecule has 12 heteroatoms. The summed E-state index contributed by atoms with van der Waals surface area (Å²) in [6.45, 7) is 2.43. The van der Waals surface area contributed by atoms with Gasteiger partial charge in [0, 0.05) is 0 Å². The van der Waals surface area contributed by atoms with E-state index >= 15 is 0 Å². The average Bonchev–Trinajstić information content (AvgIpc) is 2.61. The number of hydrogen-bond donors (Lipinski definition) is 8. The van der Waals surface area contributed by atoms with Crippen LogP contribution in [-0.4, -0.2) is 82.4 Å². The summed E-state index contributed by atoms with van der Waals surface area (Å²) in [6.07, 6.45) is -1.51. The predicted molar refractivity (Wildman–Crippen MR) is 98.7 cm³/mol. The van der Waals surface area contributed by atoms with Gasteiger partial charge in [0.2, 0.25) is 17.7 Å². The fourth-order valence-corrected chi connectivity index (χ4v) is 2.30. The van der Waals surface area contributed by atoms with E-state index in [-0.39, 0.29) is 6.42 Å². The van der Waals surface area contributed by atoms with E-state index in [1.165, 1.54) is 13.8 Å². The lowest BCUT2D eigenvalue weighted by molar-refractivity contribution is -0.143. The van der Waals surface area contributed by atoms with Gasteiger partial charge in [-0.25, -0.2) is 4.79 Å². The number of nitrogens with one attached hydrogen (secondary N) is 3. The van der Waals surface area contributed by atoms with Crippen molar-refractivity contribution in [2.45, 2.75) is 63.4 Å². The summed E-state index contributed by atoms with van der Waals surface area (Å²) in [5.74, 6) is -3.83. The third-order valence-corrected chi connectivity index (χ3v) is 3.89. The van der Waals surface area contributed by atoms with E-state index in [4.69, 9.17) is 11.5 Å². The molecule has 5 atom stereocenters. The lowest BCUT2D eigenvalue weighted by atomic mass is 10.1. The van der Waals surface area contributed by atoms with Gasteiger partial charge in [-0.15, -0.1) is 0 Å². The van der Waals surface area contributed by atoms with Crippen molar-refractivity contribution < 1.29 is 34.5 Å². The van der Waals surface area contributed by atoms with Crippen LogP contribution in [0.15, 0.2) is 0 Å². The highest BCUT2D eigenvalue weighted by Gasteiger charge is 2.33. The van der Waals surface area contributed by atoms with Crippen LogP contribution in [0.1, 0.15) is 33.1 Å². The molecule has 10 N–H and O–H groups in total. The molecule has 0 aliphatic carbocycles. The summed E-state index contributed by atoms with van der Waals surface area (Å²) >= 11 is 0. The third-order valence-electron chi connectivity index (χ3n) is 3.89. The number of rotatable bonds is 13. The normalized spacial score (nSPS) is 16.2. The van der Waals surface area contributed by atoms with E-state index in [2.05, 4.69) is 16.0 Å². The molecule has 0 aliphatic rings. The van der Waals surface area contributed by atoms with Crippen molar-refractivity contribution in [2.24, 2.45) is 11.5 Å². The van der Waals surface area contributed by atoms with Crippen LogP contribution in [0.3, 0.4) is 0 Å². The van der Waals surface area contributed by atoms with Crippen LogP contribution >= 0.6 is 0 Å². The van der Waals surface area contributed by atoms with E-state index in [0.717, 1.165) is 0 Å². The Morgan fingerprint density at radius 3 is 1.79 bits per heavy atom. The number of aliphatic hydroxyl groups excluding tert-OH is 2. The molecule has 162 valence electrons. The van der Waals surface area contributed by atoms with Gasteiger partial charge in [-0.2, -0.15) is 0 Å². The monoisotopic (exact) mass is 405 g/mol. The van der Waals surface area contributed by atoms with Gasteiger partial charge < -0.3 is 42.7 Å². The summed E-state index contributed by atoms with van der Waals surface area (Å²) in [6, 6.07) is -4.13. The lowest BCUT2D eigenvalue weighted by Crippen LogP contribution is -2.61. The molecule has 0 aromatic heterocycles. The maximum absolute atomic E-state index is 12.4. The molecule has 0 aliphatic heterocycles. The molecule has 12 nitrogen and oxygen atoms in total. The summed E-state index contributed by atoms with van der Waals surface area (Å²) in [4.78, 5) is 47.4. The molecule has 0 fully saturated rings. The summed E-state index contributed by atoms with van der Waals surface area (Å²) in [7, 11) is 0. The van der Waals surface area contributed by atoms with Gasteiger partial charge in [-0.3, -0.25) is 14.4 Å². The maximum Gasteiger partial charge on any atom is 0.326 e. The van der Waals surface area contributed by atoms with Crippen molar-refractivity contribution in [1.29, 1.82) is 0 Å². The molecular formula is C16H31N5O7. The molecular weight excluding hydrogens is 374 g/mol. The van der Waals surface area contributed by atoms with Gasteiger partial charge in [0.1, 0.15) is 18.1 Å². The Hall–Kier alpha value is -2.28. The van der Waals surface area contributed by atoms with E-state index in [1.807, 2.05) is 0 Å². The van der Waals surface area contributed by atoms with Crippen molar-refractivity contribution in [3.63, 3.8) is 0 Å². The number of amides is 3. The van der Waals surface area contributed by atoms with Gasteiger partial charge in [0.25, 0.3) is 0 Å². The van der Waals surface area contributed by atoms with Gasteiger partial charge >= 0.3 is 5.97 Å². The highest BCUT2D eigenvalue weighted by Crippen LogP contribution is 2.04. The number of aliphatic carboxylic acids is 1. The van der Waals surface area contributed by atoms with Gasteiger partial charge in [0.05, 0.1) is 18.8 Å². The minimum atomic E-state index is -1.50. The molecule has 5 unspecified atom stereocenters. The first-order chi connectivity index (χ1) is 13.0. The number of unbranched alkanes of at least 4 members (excludes halogenated alkanes) is 1. The Morgan fingerprint density at radius 1 is 0.857 bits per heavy atom. The molecule has 0 saturated heterocycles. The number of nitrogens with two attached hydrogens (primary N) is 2. The van der Waals surface area contributed by atoms with E-state index in [1.54, 1.807) is 0 Å². The van der Waals surface area contributed by atoms with E-state index in [0.29, 0.717) is 19.4 Å². The Labute approximate surface area is 163 Å². The zero-order chi connectivity index (χ0) is 21.9. The Bertz CT molecular complexity index is 541. The molecule has 28 heavy (non-hydrogen) atoms. The van der Waals surface area contributed by atoms with Crippen LogP contribution in [0.5, 0.6) is 0 Å². The second kappa shape index (κ2) is 13.0. The van der Waals surface area contributed by atoms with E-state index in [9.17, 15) is 34.5 Å². The fraction of sp³-hybridized carbons (Fsp3) is 0.750. The molecule has 0 bridgehead atoms.